The van der Waals surface area contributed by atoms with E-state index in [1.165, 1.54) is 12.1 Å². The van der Waals surface area contributed by atoms with Gasteiger partial charge in [-0.1, -0.05) is 6.07 Å². The molecule has 1 aliphatic rings. The highest BCUT2D eigenvalue weighted by Crippen LogP contribution is 2.28. The second-order valence-corrected chi connectivity index (χ2v) is 7.82. The van der Waals surface area contributed by atoms with E-state index in [1.54, 1.807) is 4.68 Å². The number of H-pyrrole nitrogens is 1. The van der Waals surface area contributed by atoms with Crippen molar-refractivity contribution >= 4 is 33.5 Å². The van der Waals surface area contributed by atoms with Gasteiger partial charge in [-0.25, -0.2) is 4.98 Å². The van der Waals surface area contributed by atoms with Gasteiger partial charge in [0.25, 0.3) is 5.91 Å². The lowest BCUT2D eigenvalue weighted by Crippen LogP contribution is -2.13. The van der Waals surface area contributed by atoms with Gasteiger partial charge in [0.05, 0.1) is 16.7 Å². The quantitative estimate of drug-likeness (QED) is 0.499. The van der Waals surface area contributed by atoms with Crippen molar-refractivity contribution in [2.45, 2.75) is 32.7 Å². The van der Waals surface area contributed by atoms with Crippen LogP contribution in [-0.2, 0) is 7.05 Å². The summed E-state index contributed by atoms with van der Waals surface area (Å²) in [6, 6.07) is 10.1. The van der Waals surface area contributed by atoms with Crippen molar-refractivity contribution in [3.05, 3.63) is 53.0 Å². The average molecular weight is 388 g/mol. The second-order valence-electron chi connectivity index (χ2n) is 7.82. The minimum Gasteiger partial charge on any atom is -0.357 e. The van der Waals surface area contributed by atoms with Crippen molar-refractivity contribution in [1.29, 1.82) is 0 Å². The molecule has 7 heteroatoms. The number of benzene rings is 1. The van der Waals surface area contributed by atoms with Gasteiger partial charge in [0.1, 0.15) is 5.82 Å². The first-order chi connectivity index (χ1) is 14.0. The fraction of sp³-hybridized carbons (Fsp3) is 0.318. The first-order valence-corrected chi connectivity index (χ1v) is 9.98. The van der Waals surface area contributed by atoms with Gasteiger partial charge in [-0.3, -0.25) is 9.48 Å². The largest absolute Gasteiger partial charge is 0.357 e. The van der Waals surface area contributed by atoms with Gasteiger partial charge in [0, 0.05) is 46.9 Å². The van der Waals surface area contributed by atoms with Gasteiger partial charge in [0.2, 0.25) is 0 Å². The van der Waals surface area contributed by atoms with E-state index in [2.05, 4.69) is 31.8 Å². The van der Waals surface area contributed by atoms with E-state index in [9.17, 15) is 4.79 Å². The van der Waals surface area contributed by atoms with E-state index in [0.717, 1.165) is 46.2 Å². The molecule has 1 fully saturated rings. The molecule has 7 nitrogen and oxygen atoms in total. The lowest BCUT2D eigenvalue weighted by atomic mass is 10.1. The van der Waals surface area contributed by atoms with Crippen LogP contribution in [0.15, 0.2) is 30.3 Å². The van der Waals surface area contributed by atoms with Crippen LogP contribution in [0.3, 0.4) is 0 Å². The Morgan fingerprint density at radius 3 is 2.83 bits per heavy atom. The summed E-state index contributed by atoms with van der Waals surface area (Å²) in [6.45, 7) is 5.00. The predicted molar refractivity (Wildman–Crippen MR) is 114 cm³/mol. The van der Waals surface area contributed by atoms with Gasteiger partial charge < -0.3 is 15.6 Å². The number of amides is 1. The lowest BCUT2D eigenvalue weighted by molar-refractivity contribution is 0.102. The van der Waals surface area contributed by atoms with E-state index < -0.39 is 0 Å². The molecular weight excluding hydrogens is 364 g/mol. The molecule has 0 bridgehead atoms. The van der Waals surface area contributed by atoms with Crippen LogP contribution in [-0.4, -0.2) is 32.2 Å². The third-order valence-corrected chi connectivity index (χ3v) is 5.80. The summed E-state index contributed by atoms with van der Waals surface area (Å²) in [7, 11) is 1.89. The third-order valence-electron chi connectivity index (χ3n) is 5.80. The molecule has 3 aromatic heterocycles. The summed E-state index contributed by atoms with van der Waals surface area (Å²) >= 11 is 0. The summed E-state index contributed by atoms with van der Waals surface area (Å²) in [5.41, 5.74) is 5.56. The van der Waals surface area contributed by atoms with Crippen LogP contribution in [0.1, 0.15) is 46.3 Å². The number of carbonyl (C=O) groups excluding carboxylic acids is 1. The van der Waals surface area contributed by atoms with Crippen LogP contribution in [0.4, 0.5) is 5.82 Å². The van der Waals surface area contributed by atoms with Crippen LogP contribution in [0.5, 0.6) is 0 Å². The molecule has 29 heavy (non-hydrogen) atoms. The van der Waals surface area contributed by atoms with E-state index in [0.29, 0.717) is 17.4 Å². The van der Waals surface area contributed by atoms with Gasteiger partial charge >= 0.3 is 0 Å². The topological polar surface area (TPSA) is 87.6 Å². The van der Waals surface area contributed by atoms with Crippen molar-refractivity contribution in [2.24, 2.45) is 7.05 Å². The van der Waals surface area contributed by atoms with Gasteiger partial charge in [-0.05, 0) is 51.4 Å². The number of aromatic amines is 1. The molecule has 4 heterocycles. The first-order valence-electron chi connectivity index (χ1n) is 9.98. The Hall–Kier alpha value is -3.19. The number of aromatic nitrogens is 4. The number of hydrogen-bond donors (Lipinski definition) is 3. The van der Waals surface area contributed by atoms with Crippen molar-refractivity contribution in [3.63, 3.8) is 0 Å². The summed E-state index contributed by atoms with van der Waals surface area (Å²) < 4.78 is 1.80. The molecule has 148 valence electrons. The second kappa shape index (κ2) is 6.70. The van der Waals surface area contributed by atoms with Crippen molar-refractivity contribution in [1.82, 2.24) is 25.1 Å². The highest BCUT2D eigenvalue weighted by atomic mass is 16.1. The Kier molecular flexibility index (Phi) is 4.13. The van der Waals surface area contributed by atoms with Crippen LogP contribution in [0.25, 0.3) is 21.8 Å². The minimum atomic E-state index is -0.179. The maximum Gasteiger partial charge on any atom is 0.256 e. The number of anilines is 1. The van der Waals surface area contributed by atoms with E-state index in [1.807, 2.05) is 45.2 Å². The molecule has 1 aliphatic heterocycles. The van der Waals surface area contributed by atoms with Crippen LogP contribution < -0.4 is 10.6 Å². The van der Waals surface area contributed by atoms with Crippen molar-refractivity contribution < 1.29 is 4.79 Å². The number of nitrogens with zero attached hydrogens (tertiary/aromatic N) is 3. The monoisotopic (exact) mass is 388 g/mol. The standard InChI is InChI=1S/C22H24N6O/c1-12-16-10-19(17-5-4-8-23-17)25-18(16)11-21(24-12)26-22(29)14-6-7-15-13(2)27-28(3)20(15)9-14/h6-7,9-11,17,23,25H,4-5,8H2,1-3H3,(H,24,26,29). The number of nitrogens with one attached hydrogen (secondary N) is 3. The number of carbonyl (C=O) groups is 1. The molecule has 1 amide bonds. The maximum absolute atomic E-state index is 12.8. The highest BCUT2D eigenvalue weighted by molar-refractivity contribution is 6.06. The fourth-order valence-corrected chi connectivity index (χ4v) is 4.28. The molecular formula is C22H24N6O. The fourth-order valence-electron chi connectivity index (χ4n) is 4.28. The van der Waals surface area contributed by atoms with Crippen LogP contribution in [0, 0.1) is 13.8 Å². The molecule has 5 rings (SSSR count). The Morgan fingerprint density at radius 2 is 2.03 bits per heavy atom. The Morgan fingerprint density at radius 1 is 1.17 bits per heavy atom. The van der Waals surface area contributed by atoms with Crippen LogP contribution in [0.2, 0.25) is 0 Å². The SMILES string of the molecule is Cc1nc(NC(=O)c2ccc3c(C)nn(C)c3c2)cc2[nH]c(C3CCCN3)cc12. The normalized spacial score (nSPS) is 16.7. The zero-order valence-electron chi connectivity index (χ0n) is 16.8. The number of fused-ring (bicyclic) bond motifs is 2. The highest BCUT2D eigenvalue weighted by Gasteiger charge is 2.19. The van der Waals surface area contributed by atoms with Gasteiger partial charge in [-0.2, -0.15) is 5.10 Å². The number of hydrogen-bond acceptors (Lipinski definition) is 4. The minimum absolute atomic E-state index is 0.179. The smallest absolute Gasteiger partial charge is 0.256 e. The summed E-state index contributed by atoms with van der Waals surface area (Å²) in [5, 5.41) is 13.0. The van der Waals surface area contributed by atoms with Crippen molar-refractivity contribution in [3.8, 4) is 0 Å². The Bertz CT molecular complexity index is 1250. The molecule has 1 unspecified atom stereocenters. The van der Waals surface area contributed by atoms with E-state index in [4.69, 9.17) is 0 Å². The molecule has 0 radical (unpaired) electrons. The zero-order valence-corrected chi connectivity index (χ0v) is 16.8. The molecule has 0 spiro atoms. The van der Waals surface area contributed by atoms with Crippen molar-refractivity contribution in [2.75, 3.05) is 11.9 Å². The summed E-state index contributed by atoms with van der Waals surface area (Å²) in [6.07, 6.45) is 2.33. The van der Waals surface area contributed by atoms with E-state index >= 15 is 0 Å². The van der Waals surface area contributed by atoms with Crippen LogP contribution >= 0.6 is 0 Å². The predicted octanol–water partition coefficient (Wildman–Crippen LogP) is 3.74. The maximum atomic E-state index is 12.8. The number of pyridine rings is 1. The Balaban J connectivity index is 1.44. The zero-order chi connectivity index (χ0) is 20.1. The molecule has 0 aliphatic carbocycles. The molecule has 1 atom stereocenters. The molecule has 1 saturated heterocycles. The average Bonchev–Trinajstić information content (AvgIpc) is 3.41. The molecule has 3 N–H and O–H groups in total. The molecule has 0 saturated carbocycles. The lowest BCUT2D eigenvalue weighted by Gasteiger charge is -2.07. The van der Waals surface area contributed by atoms with Gasteiger partial charge in [0.15, 0.2) is 0 Å². The van der Waals surface area contributed by atoms with Gasteiger partial charge in [-0.15, -0.1) is 0 Å². The Labute approximate surface area is 168 Å². The summed E-state index contributed by atoms with van der Waals surface area (Å²) in [5.74, 6) is 0.371. The molecule has 4 aromatic rings. The third kappa shape index (κ3) is 3.07. The first kappa shape index (κ1) is 17.9. The number of aryl methyl sites for hydroxylation is 3. The van der Waals surface area contributed by atoms with E-state index in [-0.39, 0.29) is 5.91 Å². The summed E-state index contributed by atoms with van der Waals surface area (Å²) in [4.78, 5) is 20.9. The number of rotatable bonds is 3. The molecule has 1 aromatic carbocycles.